The summed E-state index contributed by atoms with van der Waals surface area (Å²) in [6.45, 7) is 10.0. The summed E-state index contributed by atoms with van der Waals surface area (Å²) in [4.78, 5) is 7.49. The Labute approximate surface area is 203 Å². The van der Waals surface area contributed by atoms with Crippen LogP contribution in [0.4, 0.5) is 5.13 Å². The molecular weight excluding hydrogens is 506 g/mol. The van der Waals surface area contributed by atoms with Crippen LogP contribution in [-0.4, -0.2) is 43.9 Å². The van der Waals surface area contributed by atoms with Crippen LogP contribution in [0.2, 0.25) is 0 Å². The molecule has 0 N–H and O–H groups in total. The third-order valence-corrected chi connectivity index (χ3v) is 9.83. The SMILES string of the molecule is Cc1cc(C)c(C)c(S(=O)(=O)N2CCN(c3nc(Cc4cccc(Br)c4)cs3)CC2)c1C. The maximum Gasteiger partial charge on any atom is 0.243 e. The molecule has 0 unspecified atom stereocenters. The van der Waals surface area contributed by atoms with Crippen molar-refractivity contribution in [3.8, 4) is 0 Å². The molecule has 2 heterocycles. The number of rotatable bonds is 5. The topological polar surface area (TPSA) is 53.5 Å². The highest BCUT2D eigenvalue weighted by Gasteiger charge is 2.32. The van der Waals surface area contributed by atoms with E-state index in [0.717, 1.165) is 44.0 Å². The second kappa shape index (κ2) is 9.25. The van der Waals surface area contributed by atoms with Crippen molar-refractivity contribution in [3.05, 3.63) is 73.7 Å². The van der Waals surface area contributed by atoms with Crippen molar-refractivity contribution in [1.82, 2.24) is 9.29 Å². The van der Waals surface area contributed by atoms with Crippen LogP contribution in [0.1, 0.15) is 33.5 Å². The average molecular weight is 535 g/mol. The molecule has 170 valence electrons. The highest BCUT2D eigenvalue weighted by atomic mass is 79.9. The lowest BCUT2D eigenvalue weighted by Gasteiger charge is -2.34. The summed E-state index contributed by atoms with van der Waals surface area (Å²) < 4.78 is 29.7. The molecule has 1 aliphatic rings. The fraction of sp³-hybridized carbons (Fsp3) is 0.375. The maximum atomic E-state index is 13.5. The fourth-order valence-corrected chi connectivity index (χ4v) is 7.52. The summed E-state index contributed by atoms with van der Waals surface area (Å²) in [6.07, 6.45) is 0.787. The van der Waals surface area contributed by atoms with Gasteiger partial charge in [0.05, 0.1) is 10.6 Å². The molecule has 0 aliphatic carbocycles. The van der Waals surface area contributed by atoms with Gasteiger partial charge in [-0.3, -0.25) is 0 Å². The molecule has 2 aromatic carbocycles. The largest absolute Gasteiger partial charge is 0.345 e. The average Bonchev–Trinajstić information content (AvgIpc) is 3.21. The fourth-order valence-electron chi connectivity index (χ4n) is 4.20. The Morgan fingerprint density at radius 1 is 1.00 bits per heavy atom. The van der Waals surface area contributed by atoms with Crippen LogP contribution in [-0.2, 0) is 16.4 Å². The molecule has 0 atom stereocenters. The number of hydrogen-bond donors (Lipinski definition) is 0. The highest BCUT2D eigenvalue weighted by Crippen LogP contribution is 2.30. The molecule has 1 aromatic heterocycles. The molecule has 1 saturated heterocycles. The molecule has 0 spiro atoms. The van der Waals surface area contributed by atoms with Gasteiger partial charge in [-0.05, 0) is 67.6 Å². The van der Waals surface area contributed by atoms with Crippen LogP contribution >= 0.6 is 27.3 Å². The van der Waals surface area contributed by atoms with Gasteiger partial charge < -0.3 is 4.90 Å². The monoisotopic (exact) mass is 533 g/mol. The van der Waals surface area contributed by atoms with E-state index >= 15 is 0 Å². The van der Waals surface area contributed by atoms with Gasteiger partial charge >= 0.3 is 0 Å². The molecule has 32 heavy (non-hydrogen) atoms. The molecule has 1 fully saturated rings. The van der Waals surface area contributed by atoms with Gasteiger partial charge in [0.15, 0.2) is 5.13 Å². The van der Waals surface area contributed by atoms with E-state index in [9.17, 15) is 8.42 Å². The van der Waals surface area contributed by atoms with Gasteiger partial charge in [0, 0.05) is 42.5 Å². The van der Waals surface area contributed by atoms with Crippen LogP contribution in [0, 0.1) is 27.7 Å². The zero-order chi connectivity index (χ0) is 23.0. The third-order valence-electron chi connectivity index (χ3n) is 6.22. The number of thiazole rings is 1. The van der Waals surface area contributed by atoms with E-state index in [1.165, 1.54) is 5.56 Å². The van der Waals surface area contributed by atoms with E-state index in [1.807, 2.05) is 39.8 Å². The predicted molar refractivity (Wildman–Crippen MR) is 135 cm³/mol. The van der Waals surface area contributed by atoms with Crippen molar-refractivity contribution in [2.75, 3.05) is 31.1 Å². The Bertz CT molecular complexity index is 1220. The number of aryl methyl sites for hydroxylation is 2. The minimum absolute atomic E-state index is 0.467. The number of aromatic nitrogens is 1. The van der Waals surface area contributed by atoms with E-state index in [-0.39, 0.29) is 0 Å². The Morgan fingerprint density at radius 2 is 1.66 bits per heavy atom. The van der Waals surface area contributed by atoms with E-state index in [1.54, 1.807) is 15.6 Å². The van der Waals surface area contributed by atoms with Crippen molar-refractivity contribution in [2.45, 2.75) is 39.0 Å². The Hall–Kier alpha value is -1.74. The summed E-state index contributed by atoms with van der Waals surface area (Å²) in [5.41, 5.74) is 6.00. The quantitative estimate of drug-likeness (QED) is 0.449. The number of anilines is 1. The number of halogens is 1. The molecule has 4 rings (SSSR count). The van der Waals surface area contributed by atoms with Crippen molar-refractivity contribution < 1.29 is 8.42 Å². The Balaban J connectivity index is 1.46. The molecule has 0 saturated carbocycles. The van der Waals surface area contributed by atoms with E-state index in [2.05, 4.69) is 44.4 Å². The van der Waals surface area contributed by atoms with Gasteiger partial charge in [-0.2, -0.15) is 4.31 Å². The molecule has 0 bridgehead atoms. The second-order valence-corrected chi connectivity index (χ2v) is 12.0. The summed E-state index contributed by atoms with van der Waals surface area (Å²) in [7, 11) is -3.53. The third kappa shape index (κ3) is 4.64. The van der Waals surface area contributed by atoms with Crippen LogP contribution in [0.15, 0.2) is 45.1 Å². The molecule has 0 amide bonds. The lowest BCUT2D eigenvalue weighted by molar-refractivity contribution is 0.384. The number of benzene rings is 2. The Kier molecular flexibility index (Phi) is 6.77. The number of hydrogen-bond acceptors (Lipinski definition) is 5. The van der Waals surface area contributed by atoms with E-state index in [0.29, 0.717) is 31.1 Å². The minimum Gasteiger partial charge on any atom is -0.345 e. The van der Waals surface area contributed by atoms with Crippen LogP contribution in [0.3, 0.4) is 0 Å². The van der Waals surface area contributed by atoms with Gasteiger partial charge in [-0.25, -0.2) is 13.4 Å². The lowest BCUT2D eigenvalue weighted by Crippen LogP contribution is -2.49. The second-order valence-electron chi connectivity index (χ2n) is 8.41. The van der Waals surface area contributed by atoms with Gasteiger partial charge in [0.2, 0.25) is 10.0 Å². The van der Waals surface area contributed by atoms with Crippen LogP contribution in [0.5, 0.6) is 0 Å². The van der Waals surface area contributed by atoms with Gasteiger partial charge in [0.1, 0.15) is 0 Å². The summed E-state index contributed by atoms with van der Waals surface area (Å²) in [6, 6.07) is 10.3. The molecule has 5 nitrogen and oxygen atoms in total. The first-order valence-electron chi connectivity index (χ1n) is 10.7. The standard InChI is InChI=1S/C24H28BrN3O2S2/c1-16-12-17(2)19(4)23(18(16)3)32(29,30)28-10-8-27(9-11-28)24-26-22(15-31-24)14-20-6-5-7-21(25)13-20/h5-7,12-13,15H,8-11,14H2,1-4H3. The summed E-state index contributed by atoms with van der Waals surface area (Å²) >= 11 is 5.15. The predicted octanol–water partition coefficient (Wildman–Crippen LogP) is 5.24. The van der Waals surface area contributed by atoms with Crippen molar-refractivity contribution in [3.63, 3.8) is 0 Å². The summed E-state index contributed by atoms with van der Waals surface area (Å²) in [5.74, 6) is 0. The zero-order valence-electron chi connectivity index (χ0n) is 18.9. The number of nitrogens with zero attached hydrogens (tertiary/aromatic N) is 3. The van der Waals surface area contributed by atoms with Crippen molar-refractivity contribution >= 4 is 42.4 Å². The van der Waals surface area contributed by atoms with Gasteiger partial charge in [-0.15, -0.1) is 11.3 Å². The number of piperazine rings is 1. The number of sulfonamides is 1. The molecular formula is C24H28BrN3O2S2. The molecule has 1 aliphatic heterocycles. The summed E-state index contributed by atoms with van der Waals surface area (Å²) in [5, 5.41) is 3.06. The molecule has 3 aromatic rings. The van der Waals surface area contributed by atoms with Crippen molar-refractivity contribution in [2.24, 2.45) is 0 Å². The smallest absolute Gasteiger partial charge is 0.243 e. The first-order valence-corrected chi connectivity index (χ1v) is 13.8. The van der Waals surface area contributed by atoms with Crippen LogP contribution in [0.25, 0.3) is 0 Å². The van der Waals surface area contributed by atoms with Crippen LogP contribution < -0.4 is 4.90 Å². The Morgan fingerprint density at radius 3 is 2.28 bits per heavy atom. The lowest BCUT2D eigenvalue weighted by atomic mass is 10.0. The van der Waals surface area contributed by atoms with E-state index in [4.69, 9.17) is 4.98 Å². The normalized spacial score (nSPS) is 15.3. The molecule has 0 radical (unpaired) electrons. The first-order chi connectivity index (χ1) is 15.2. The first kappa shape index (κ1) is 23.4. The highest BCUT2D eigenvalue weighted by molar-refractivity contribution is 9.10. The maximum absolute atomic E-state index is 13.5. The van der Waals surface area contributed by atoms with Crippen molar-refractivity contribution in [1.29, 1.82) is 0 Å². The zero-order valence-corrected chi connectivity index (χ0v) is 22.1. The van der Waals surface area contributed by atoms with Gasteiger partial charge in [-0.1, -0.05) is 34.1 Å². The van der Waals surface area contributed by atoms with Gasteiger partial charge in [0.25, 0.3) is 0 Å². The molecule has 8 heteroatoms. The minimum atomic E-state index is -3.53. The van der Waals surface area contributed by atoms with E-state index < -0.39 is 10.0 Å².